The first kappa shape index (κ1) is 19.4. The summed E-state index contributed by atoms with van der Waals surface area (Å²) in [6.07, 6.45) is 4.74. The smallest absolute Gasteiger partial charge is 0.259 e. The maximum absolute atomic E-state index is 13.1. The van der Waals surface area contributed by atoms with E-state index in [0.29, 0.717) is 36.0 Å². The van der Waals surface area contributed by atoms with Crippen LogP contribution >= 0.6 is 0 Å². The van der Waals surface area contributed by atoms with E-state index in [2.05, 4.69) is 5.16 Å². The molecule has 0 bridgehead atoms. The molecule has 0 spiro atoms. The molecule has 0 N–H and O–H groups in total. The lowest BCUT2D eigenvalue weighted by molar-refractivity contribution is 0.0445. The van der Waals surface area contributed by atoms with Crippen LogP contribution in [0.2, 0.25) is 0 Å². The van der Waals surface area contributed by atoms with Crippen LogP contribution in [0.4, 0.5) is 0 Å². The van der Waals surface area contributed by atoms with E-state index in [1.54, 1.807) is 25.1 Å². The van der Waals surface area contributed by atoms with Crippen molar-refractivity contribution in [1.29, 1.82) is 0 Å². The van der Waals surface area contributed by atoms with Crippen LogP contribution in [0.1, 0.15) is 60.8 Å². The van der Waals surface area contributed by atoms with Crippen LogP contribution in [0.25, 0.3) is 0 Å². The monoisotopic (exact) mass is 383 g/mol. The van der Waals surface area contributed by atoms with Crippen LogP contribution in [-0.2, 0) is 10.0 Å². The van der Waals surface area contributed by atoms with E-state index in [0.717, 1.165) is 38.6 Å². The SMILES string of the molecule is CCS(=O)(=O)N1CCC(C2CCCCN2C(=O)c2c(C)noc2C)CC1. The summed E-state index contributed by atoms with van der Waals surface area (Å²) in [6.45, 7) is 7.14. The van der Waals surface area contributed by atoms with Gasteiger partial charge in [0.15, 0.2) is 0 Å². The van der Waals surface area contributed by atoms with E-state index >= 15 is 0 Å². The largest absolute Gasteiger partial charge is 0.361 e. The van der Waals surface area contributed by atoms with Crippen molar-refractivity contribution >= 4 is 15.9 Å². The van der Waals surface area contributed by atoms with Gasteiger partial charge in [-0.3, -0.25) is 4.79 Å². The minimum atomic E-state index is -3.12. The Morgan fingerprint density at radius 1 is 1.15 bits per heavy atom. The molecule has 0 aliphatic carbocycles. The van der Waals surface area contributed by atoms with Crippen molar-refractivity contribution < 1.29 is 17.7 Å². The first-order valence-electron chi connectivity index (χ1n) is 9.56. The fourth-order valence-corrected chi connectivity index (χ4v) is 5.49. The molecule has 7 nitrogen and oxygen atoms in total. The Morgan fingerprint density at radius 3 is 2.42 bits per heavy atom. The zero-order chi connectivity index (χ0) is 18.9. The number of piperidine rings is 2. The average Bonchev–Trinajstić information content (AvgIpc) is 2.99. The number of likely N-dealkylation sites (tertiary alicyclic amines) is 1. The van der Waals surface area contributed by atoms with Crippen molar-refractivity contribution in [2.24, 2.45) is 5.92 Å². The molecule has 1 amide bonds. The van der Waals surface area contributed by atoms with Crippen LogP contribution in [0.5, 0.6) is 0 Å². The van der Waals surface area contributed by atoms with Gasteiger partial charge in [-0.15, -0.1) is 0 Å². The third-order valence-electron chi connectivity index (χ3n) is 5.86. The van der Waals surface area contributed by atoms with Gasteiger partial charge in [-0.05, 0) is 58.8 Å². The summed E-state index contributed by atoms with van der Waals surface area (Å²) in [5.41, 5.74) is 1.23. The highest BCUT2D eigenvalue weighted by atomic mass is 32.2. The Hall–Kier alpha value is -1.41. The van der Waals surface area contributed by atoms with Gasteiger partial charge in [0.05, 0.1) is 11.4 Å². The van der Waals surface area contributed by atoms with Crippen molar-refractivity contribution in [3.8, 4) is 0 Å². The quantitative estimate of drug-likeness (QED) is 0.797. The van der Waals surface area contributed by atoms with E-state index in [1.807, 2.05) is 4.90 Å². The average molecular weight is 384 g/mol. The van der Waals surface area contributed by atoms with Crippen molar-refractivity contribution in [3.05, 3.63) is 17.0 Å². The van der Waals surface area contributed by atoms with Gasteiger partial charge in [0, 0.05) is 25.7 Å². The standard InChI is InChI=1S/C18H29N3O4S/c1-4-26(23,24)20-11-8-15(9-12-20)16-7-5-6-10-21(16)18(22)17-13(2)19-25-14(17)3/h15-16H,4-12H2,1-3H3. The van der Waals surface area contributed by atoms with E-state index in [-0.39, 0.29) is 17.7 Å². The Kier molecular flexibility index (Phi) is 5.72. The summed E-state index contributed by atoms with van der Waals surface area (Å²) in [5, 5.41) is 3.92. The molecule has 3 rings (SSSR count). The Labute approximate surface area is 155 Å². The second kappa shape index (κ2) is 7.68. The summed E-state index contributed by atoms with van der Waals surface area (Å²) in [6, 6.07) is 0.177. The number of amides is 1. The Morgan fingerprint density at radius 2 is 1.85 bits per heavy atom. The predicted molar refractivity (Wildman–Crippen MR) is 98.4 cm³/mol. The molecule has 1 aromatic heterocycles. The van der Waals surface area contributed by atoms with Crippen molar-refractivity contribution in [1.82, 2.24) is 14.4 Å². The van der Waals surface area contributed by atoms with Crippen LogP contribution in [0, 0.1) is 19.8 Å². The first-order chi connectivity index (χ1) is 12.3. The van der Waals surface area contributed by atoms with Gasteiger partial charge >= 0.3 is 0 Å². The topological polar surface area (TPSA) is 83.7 Å². The maximum atomic E-state index is 13.1. The van der Waals surface area contributed by atoms with E-state index < -0.39 is 10.0 Å². The fourth-order valence-electron chi connectivity index (χ4n) is 4.35. The van der Waals surface area contributed by atoms with E-state index in [4.69, 9.17) is 4.52 Å². The Balaban J connectivity index is 1.73. The molecule has 0 saturated carbocycles. The van der Waals surface area contributed by atoms with Crippen molar-refractivity contribution in [2.75, 3.05) is 25.4 Å². The second-order valence-electron chi connectivity index (χ2n) is 7.40. The zero-order valence-electron chi connectivity index (χ0n) is 15.9. The second-order valence-corrected chi connectivity index (χ2v) is 9.66. The molecule has 2 saturated heterocycles. The highest BCUT2D eigenvalue weighted by Crippen LogP contribution is 2.33. The molecular formula is C18H29N3O4S. The molecule has 146 valence electrons. The lowest BCUT2D eigenvalue weighted by atomic mass is 9.84. The number of hydrogen-bond acceptors (Lipinski definition) is 5. The third-order valence-corrected chi connectivity index (χ3v) is 7.74. The molecule has 1 aromatic rings. The number of hydrogen-bond donors (Lipinski definition) is 0. The molecule has 1 unspecified atom stereocenters. The summed E-state index contributed by atoms with van der Waals surface area (Å²) >= 11 is 0. The lowest BCUT2D eigenvalue weighted by Crippen LogP contribution is -2.51. The van der Waals surface area contributed by atoms with Crippen molar-refractivity contribution in [2.45, 2.75) is 58.9 Å². The molecule has 3 heterocycles. The highest BCUT2D eigenvalue weighted by molar-refractivity contribution is 7.89. The molecule has 2 aliphatic rings. The van der Waals surface area contributed by atoms with Crippen LogP contribution in [0.15, 0.2) is 4.52 Å². The molecular weight excluding hydrogens is 354 g/mol. The van der Waals surface area contributed by atoms with Crippen LogP contribution in [-0.4, -0.2) is 60.1 Å². The summed E-state index contributed by atoms with van der Waals surface area (Å²) in [5.74, 6) is 1.08. The molecule has 1 atom stereocenters. The number of nitrogens with zero attached hydrogens (tertiary/aromatic N) is 3. The van der Waals surface area contributed by atoms with Crippen LogP contribution in [0.3, 0.4) is 0 Å². The maximum Gasteiger partial charge on any atom is 0.259 e. The van der Waals surface area contributed by atoms with Gasteiger partial charge in [0.2, 0.25) is 10.0 Å². The van der Waals surface area contributed by atoms with Gasteiger partial charge in [0.1, 0.15) is 11.3 Å². The Bertz CT molecular complexity index is 731. The molecule has 0 aromatic carbocycles. The van der Waals surface area contributed by atoms with E-state index in [9.17, 15) is 13.2 Å². The minimum Gasteiger partial charge on any atom is -0.361 e. The predicted octanol–water partition coefficient (Wildman–Crippen LogP) is 2.35. The molecule has 8 heteroatoms. The minimum absolute atomic E-state index is 0.00885. The molecule has 0 radical (unpaired) electrons. The summed E-state index contributed by atoms with van der Waals surface area (Å²) in [4.78, 5) is 15.1. The molecule has 2 fully saturated rings. The normalized spacial score (nSPS) is 23.3. The number of aryl methyl sites for hydroxylation is 2. The van der Waals surface area contributed by atoms with Crippen molar-refractivity contribution in [3.63, 3.8) is 0 Å². The summed E-state index contributed by atoms with van der Waals surface area (Å²) < 4.78 is 31.0. The van der Waals surface area contributed by atoms with Gasteiger partial charge in [-0.2, -0.15) is 0 Å². The number of carbonyl (C=O) groups is 1. The number of rotatable bonds is 4. The highest BCUT2D eigenvalue weighted by Gasteiger charge is 2.38. The first-order valence-corrected chi connectivity index (χ1v) is 11.2. The van der Waals surface area contributed by atoms with Gasteiger partial charge in [0.25, 0.3) is 5.91 Å². The fraction of sp³-hybridized carbons (Fsp3) is 0.778. The van der Waals surface area contributed by atoms with Gasteiger partial charge < -0.3 is 9.42 Å². The number of carbonyl (C=O) groups excluding carboxylic acids is 1. The van der Waals surface area contributed by atoms with E-state index in [1.165, 1.54) is 0 Å². The van der Waals surface area contributed by atoms with Gasteiger partial charge in [-0.25, -0.2) is 12.7 Å². The lowest BCUT2D eigenvalue weighted by Gasteiger charge is -2.43. The summed E-state index contributed by atoms with van der Waals surface area (Å²) in [7, 11) is -3.12. The number of aromatic nitrogens is 1. The molecule has 26 heavy (non-hydrogen) atoms. The van der Waals surface area contributed by atoms with Crippen LogP contribution < -0.4 is 0 Å². The molecule has 2 aliphatic heterocycles. The number of sulfonamides is 1. The third kappa shape index (κ3) is 3.67. The zero-order valence-corrected chi connectivity index (χ0v) is 16.7. The van der Waals surface area contributed by atoms with Gasteiger partial charge in [-0.1, -0.05) is 5.16 Å².